The van der Waals surface area contributed by atoms with Crippen molar-refractivity contribution in [2.24, 2.45) is 0 Å². The molecule has 104 valence electrons. The van der Waals surface area contributed by atoms with E-state index in [9.17, 15) is 4.79 Å². The van der Waals surface area contributed by atoms with E-state index in [1.807, 2.05) is 11.4 Å². The van der Waals surface area contributed by atoms with Gasteiger partial charge < -0.3 is 0 Å². The molecule has 1 aliphatic carbocycles. The average Bonchev–Trinajstić information content (AvgIpc) is 3.08. The largest absolute Gasteiger partial charge is 0.291 e. The molecule has 0 atom stereocenters. The summed E-state index contributed by atoms with van der Waals surface area (Å²) in [4.78, 5) is 16.3. The second-order valence-corrected chi connectivity index (χ2v) is 7.04. The Morgan fingerprint density at radius 1 is 1.16 bits per heavy atom. The number of carbonyl (C=O) groups is 1. The molecule has 1 aromatic heterocycles. The van der Waals surface area contributed by atoms with E-state index in [2.05, 4.69) is 4.90 Å². The molecule has 0 unspecified atom stereocenters. The topological polar surface area (TPSA) is 20.3 Å². The molecular weight excluding hydrogens is 278 g/mol. The summed E-state index contributed by atoms with van der Waals surface area (Å²) < 4.78 is 0. The molecule has 0 N–H and O–H groups in total. The minimum Gasteiger partial charge on any atom is -0.291 e. The molecule has 19 heavy (non-hydrogen) atoms. The minimum atomic E-state index is -0.241. The molecular formula is C15H20ClNOS. The Morgan fingerprint density at radius 3 is 2.42 bits per heavy atom. The summed E-state index contributed by atoms with van der Waals surface area (Å²) in [6.07, 6.45) is 8.14. The fraction of sp³-hybridized carbons (Fsp3) is 0.667. The summed E-state index contributed by atoms with van der Waals surface area (Å²) in [7, 11) is 0. The highest BCUT2D eigenvalue weighted by molar-refractivity contribution is 7.12. The maximum Gasteiger partial charge on any atom is 0.194 e. The zero-order valence-electron chi connectivity index (χ0n) is 11.2. The molecule has 0 bridgehead atoms. The Morgan fingerprint density at radius 2 is 1.84 bits per heavy atom. The number of likely N-dealkylation sites (tertiary alicyclic amines) is 1. The van der Waals surface area contributed by atoms with E-state index in [0.717, 1.165) is 30.8 Å². The van der Waals surface area contributed by atoms with Crippen molar-refractivity contribution in [2.75, 3.05) is 13.1 Å². The number of piperidine rings is 1. The van der Waals surface area contributed by atoms with Crippen LogP contribution in [-0.2, 0) is 0 Å². The first-order valence-electron chi connectivity index (χ1n) is 7.27. The summed E-state index contributed by atoms with van der Waals surface area (Å²) >= 11 is 7.68. The predicted molar refractivity (Wildman–Crippen MR) is 80.3 cm³/mol. The van der Waals surface area contributed by atoms with Gasteiger partial charge in [0, 0.05) is 0 Å². The van der Waals surface area contributed by atoms with Gasteiger partial charge in [0.15, 0.2) is 5.78 Å². The van der Waals surface area contributed by atoms with E-state index >= 15 is 0 Å². The summed E-state index contributed by atoms with van der Waals surface area (Å²) in [6.45, 7) is 2.16. The molecule has 1 saturated carbocycles. The van der Waals surface area contributed by atoms with Gasteiger partial charge in [0.25, 0.3) is 0 Å². The van der Waals surface area contributed by atoms with E-state index in [1.165, 1.54) is 43.4 Å². The SMILES string of the molecule is O=C(c1sccc1Cl)C1(N2CCCCC2)CCCC1. The fourth-order valence-electron chi connectivity index (χ4n) is 3.64. The molecule has 2 nitrogen and oxygen atoms in total. The fourth-order valence-corrected chi connectivity index (χ4v) is 4.81. The van der Waals surface area contributed by atoms with Crippen molar-refractivity contribution in [2.45, 2.75) is 50.5 Å². The first-order valence-corrected chi connectivity index (χ1v) is 8.53. The van der Waals surface area contributed by atoms with E-state index in [4.69, 9.17) is 11.6 Å². The molecule has 0 amide bonds. The monoisotopic (exact) mass is 297 g/mol. The van der Waals surface area contributed by atoms with Crippen LogP contribution in [0.25, 0.3) is 0 Å². The van der Waals surface area contributed by atoms with E-state index in [0.29, 0.717) is 5.02 Å². The number of hydrogen-bond donors (Lipinski definition) is 0. The second kappa shape index (κ2) is 5.55. The van der Waals surface area contributed by atoms with Crippen LogP contribution in [0.4, 0.5) is 0 Å². The predicted octanol–water partition coefficient (Wildman–Crippen LogP) is 4.38. The third-order valence-corrected chi connectivity index (χ3v) is 5.98. The van der Waals surface area contributed by atoms with Crippen molar-refractivity contribution < 1.29 is 4.79 Å². The van der Waals surface area contributed by atoms with Crippen LogP contribution in [-0.4, -0.2) is 29.3 Å². The van der Waals surface area contributed by atoms with Crippen LogP contribution in [0.15, 0.2) is 11.4 Å². The number of thiophene rings is 1. The first kappa shape index (κ1) is 13.6. The first-order chi connectivity index (χ1) is 9.24. The molecule has 1 aromatic rings. The van der Waals surface area contributed by atoms with Gasteiger partial charge in [-0.3, -0.25) is 9.69 Å². The lowest BCUT2D eigenvalue weighted by atomic mass is 9.87. The molecule has 0 radical (unpaired) electrons. The smallest absolute Gasteiger partial charge is 0.194 e. The van der Waals surface area contributed by atoms with Crippen LogP contribution in [0.5, 0.6) is 0 Å². The van der Waals surface area contributed by atoms with Crippen molar-refractivity contribution >= 4 is 28.7 Å². The molecule has 2 aliphatic rings. The summed E-state index contributed by atoms with van der Waals surface area (Å²) in [5.41, 5.74) is -0.241. The summed E-state index contributed by atoms with van der Waals surface area (Å²) in [5.74, 6) is 0.284. The maximum atomic E-state index is 13.0. The highest BCUT2D eigenvalue weighted by Gasteiger charge is 2.47. The third-order valence-electron chi connectivity index (χ3n) is 4.64. The van der Waals surface area contributed by atoms with Gasteiger partial charge >= 0.3 is 0 Å². The standard InChI is InChI=1S/C15H20ClNOS/c16-12-6-11-19-13(12)14(18)15(7-2-3-8-15)17-9-4-1-5-10-17/h6,11H,1-5,7-10H2. The molecule has 1 aliphatic heterocycles. The lowest BCUT2D eigenvalue weighted by Gasteiger charge is -2.42. The maximum absolute atomic E-state index is 13.0. The Hall–Kier alpha value is -0.380. The minimum absolute atomic E-state index is 0.241. The zero-order valence-corrected chi connectivity index (χ0v) is 12.7. The molecule has 3 rings (SSSR count). The van der Waals surface area contributed by atoms with Gasteiger partial charge in [0.05, 0.1) is 15.4 Å². The highest BCUT2D eigenvalue weighted by Crippen LogP contribution is 2.41. The number of Topliss-reactive ketones (excluding diaryl/α,β-unsaturated/α-hetero) is 1. The quantitative estimate of drug-likeness (QED) is 0.772. The number of halogens is 1. The Balaban J connectivity index is 1.91. The lowest BCUT2D eigenvalue weighted by molar-refractivity contribution is 0.0482. The van der Waals surface area contributed by atoms with Gasteiger partial charge in [-0.1, -0.05) is 30.9 Å². The van der Waals surface area contributed by atoms with Crippen LogP contribution in [0.2, 0.25) is 5.02 Å². The van der Waals surface area contributed by atoms with Gasteiger partial charge in [-0.2, -0.15) is 0 Å². The van der Waals surface area contributed by atoms with Gasteiger partial charge in [-0.05, 0) is 50.2 Å². The molecule has 0 spiro atoms. The van der Waals surface area contributed by atoms with Crippen molar-refractivity contribution in [1.29, 1.82) is 0 Å². The third kappa shape index (κ3) is 2.37. The molecule has 2 fully saturated rings. The Bertz CT molecular complexity index is 458. The van der Waals surface area contributed by atoms with Crippen molar-refractivity contribution in [3.8, 4) is 0 Å². The van der Waals surface area contributed by atoms with Crippen molar-refractivity contribution in [3.63, 3.8) is 0 Å². The van der Waals surface area contributed by atoms with E-state index in [-0.39, 0.29) is 11.3 Å². The van der Waals surface area contributed by atoms with Crippen LogP contribution in [0.3, 0.4) is 0 Å². The van der Waals surface area contributed by atoms with Gasteiger partial charge in [0.1, 0.15) is 0 Å². The van der Waals surface area contributed by atoms with Gasteiger partial charge in [0.2, 0.25) is 0 Å². The highest BCUT2D eigenvalue weighted by atomic mass is 35.5. The van der Waals surface area contributed by atoms with Crippen LogP contribution in [0, 0.1) is 0 Å². The zero-order chi connectivity index (χ0) is 13.3. The summed E-state index contributed by atoms with van der Waals surface area (Å²) in [6, 6.07) is 1.85. The molecule has 0 aromatic carbocycles. The van der Waals surface area contributed by atoms with Crippen LogP contribution < -0.4 is 0 Å². The Labute approximate surface area is 123 Å². The van der Waals surface area contributed by atoms with Crippen molar-refractivity contribution in [3.05, 3.63) is 21.3 Å². The van der Waals surface area contributed by atoms with Gasteiger partial charge in [-0.15, -0.1) is 11.3 Å². The number of hydrogen-bond acceptors (Lipinski definition) is 3. The Kier molecular flexibility index (Phi) is 3.97. The molecule has 1 saturated heterocycles. The van der Waals surface area contributed by atoms with E-state index < -0.39 is 0 Å². The second-order valence-electron chi connectivity index (χ2n) is 5.71. The lowest BCUT2D eigenvalue weighted by Crippen LogP contribution is -2.54. The summed E-state index contributed by atoms with van der Waals surface area (Å²) in [5, 5.41) is 2.56. The number of carbonyl (C=O) groups excluding carboxylic acids is 1. The van der Waals surface area contributed by atoms with Crippen LogP contribution >= 0.6 is 22.9 Å². The molecule has 2 heterocycles. The molecule has 4 heteroatoms. The number of nitrogens with zero attached hydrogens (tertiary/aromatic N) is 1. The normalized spacial score (nSPS) is 23.6. The average molecular weight is 298 g/mol. The van der Waals surface area contributed by atoms with Gasteiger partial charge in [-0.25, -0.2) is 0 Å². The number of ketones is 1. The number of rotatable bonds is 3. The van der Waals surface area contributed by atoms with E-state index in [1.54, 1.807) is 0 Å². The van der Waals surface area contributed by atoms with Crippen LogP contribution in [0.1, 0.15) is 54.6 Å². The van der Waals surface area contributed by atoms with Crippen molar-refractivity contribution in [1.82, 2.24) is 4.90 Å².